The van der Waals surface area contributed by atoms with E-state index in [4.69, 9.17) is 0 Å². The molecule has 1 heteroatoms. The lowest BCUT2D eigenvalue weighted by Crippen LogP contribution is -1.66. The maximum absolute atomic E-state index is 3.95. The summed E-state index contributed by atoms with van der Waals surface area (Å²) in [5, 5.41) is 0. The van der Waals surface area contributed by atoms with Crippen LogP contribution in [0.25, 0.3) is 0 Å². The summed E-state index contributed by atoms with van der Waals surface area (Å²) in [6.45, 7) is 6.11. The topological polar surface area (TPSA) is 12.4 Å². The van der Waals surface area contributed by atoms with Crippen LogP contribution >= 0.6 is 0 Å². The van der Waals surface area contributed by atoms with Crippen molar-refractivity contribution in [1.29, 1.82) is 0 Å². The summed E-state index contributed by atoms with van der Waals surface area (Å²) in [4.78, 5) is 3.95. The molecule has 0 aromatic carbocycles. The minimum Gasteiger partial charge on any atom is -0.269 e. The number of allylic oxidation sites excluding steroid dienone is 3. The van der Waals surface area contributed by atoms with Crippen molar-refractivity contribution in [2.24, 2.45) is 4.99 Å². The Morgan fingerprint density at radius 3 is 2.70 bits per heavy atom. The van der Waals surface area contributed by atoms with Gasteiger partial charge in [0.1, 0.15) is 0 Å². The lowest BCUT2D eigenvalue weighted by atomic mass is 10.2. The highest BCUT2D eigenvalue weighted by Crippen LogP contribution is 1.96. The van der Waals surface area contributed by atoms with E-state index in [1.165, 1.54) is 5.57 Å². The normalized spacial score (nSPS) is 13.7. The third-order valence-electron chi connectivity index (χ3n) is 1.10. The van der Waals surface area contributed by atoms with Crippen molar-refractivity contribution < 1.29 is 0 Å². The molecule has 0 aromatic rings. The second kappa shape index (κ2) is 6.27. The highest BCUT2D eigenvalue weighted by Gasteiger charge is 1.75. The Bertz CT molecular complexity index is 152. The third-order valence-corrected chi connectivity index (χ3v) is 1.10. The maximum atomic E-state index is 3.95. The van der Waals surface area contributed by atoms with Crippen LogP contribution in [0.5, 0.6) is 0 Å². The Hall–Kier alpha value is -0.850. The second-order valence-electron chi connectivity index (χ2n) is 2.08. The molecule has 0 heterocycles. The van der Waals surface area contributed by atoms with Crippen molar-refractivity contribution in [3.05, 3.63) is 23.9 Å². The van der Waals surface area contributed by atoms with Crippen LogP contribution in [-0.4, -0.2) is 6.21 Å². The third kappa shape index (κ3) is 5.29. The first-order valence-corrected chi connectivity index (χ1v) is 3.62. The summed E-state index contributed by atoms with van der Waals surface area (Å²) in [6.07, 6.45) is 8.84. The molecule has 0 spiro atoms. The van der Waals surface area contributed by atoms with Gasteiger partial charge in [0.2, 0.25) is 0 Å². The van der Waals surface area contributed by atoms with Crippen molar-refractivity contribution in [2.45, 2.75) is 27.2 Å². The van der Waals surface area contributed by atoms with Crippen molar-refractivity contribution in [3.8, 4) is 0 Å². The fraction of sp³-hybridized carbons (Fsp3) is 0.444. The van der Waals surface area contributed by atoms with Gasteiger partial charge in [0.15, 0.2) is 0 Å². The molecule has 0 atom stereocenters. The molecule has 0 aliphatic carbocycles. The van der Waals surface area contributed by atoms with Gasteiger partial charge in [-0.1, -0.05) is 18.6 Å². The van der Waals surface area contributed by atoms with E-state index < -0.39 is 0 Å². The van der Waals surface area contributed by atoms with Gasteiger partial charge in [-0.3, -0.25) is 4.99 Å². The van der Waals surface area contributed by atoms with Crippen molar-refractivity contribution in [2.75, 3.05) is 0 Å². The van der Waals surface area contributed by atoms with Gasteiger partial charge in [-0.15, -0.1) is 0 Å². The minimum atomic E-state index is 1.09. The van der Waals surface area contributed by atoms with Crippen molar-refractivity contribution in [1.82, 2.24) is 0 Å². The Morgan fingerprint density at radius 1 is 1.50 bits per heavy atom. The molecule has 56 valence electrons. The highest BCUT2D eigenvalue weighted by molar-refractivity contribution is 5.54. The van der Waals surface area contributed by atoms with Crippen molar-refractivity contribution in [3.63, 3.8) is 0 Å². The summed E-state index contributed by atoms with van der Waals surface area (Å²) >= 11 is 0. The van der Waals surface area contributed by atoms with Crippen LogP contribution in [0.15, 0.2) is 28.9 Å². The van der Waals surface area contributed by atoms with Crippen LogP contribution in [0.1, 0.15) is 27.2 Å². The van der Waals surface area contributed by atoms with E-state index in [1.54, 1.807) is 6.21 Å². The molecule has 10 heavy (non-hydrogen) atoms. The predicted octanol–water partition coefficient (Wildman–Crippen LogP) is 2.95. The average molecular weight is 137 g/mol. The van der Waals surface area contributed by atoms with Crippen LogP contribution in [0.2, 0.25) is 0 Å². The van der Waals surface area contributed by atoms with E-state index in [1.807, 2.05) is 19.2 Å². The highest BCUT2D eigenvalue weighted by atomic mass is 14.6. The molecule has 0 aliphatic rings. The SMILES string of the molecule is C\C=N/C=C\C(C)=C/CC. The van der Waals surface area contributed by atoms with E-state index in [9.17, 15) is 0 Å². The fourth-order valence-corrected chi connectivity index (χ4v) is 0.637. The molecule has 0 saturated heterocycles. The lowest BCUT2D eigenvalue weighted by Gasteiger charge is -1.86. The maximum Gasteiger partial charge on any atom is 0.0266 e. The smallest absolute Gasteiger partial charge is 0.0266 e. The molecule has 0 aliphatic heterocycles. The summed E-state index contributed by atoms with van der Waals surface area (Å²) < 4.78 is 0. The minimum absolute atomic E-state index is 1.09. The molecule has 0 amide bonds. The molecule has 0 unspecified atom stereocenters. The Balaban J connectivity index is 3.76. The quantitative estimate of drug-likeness (QED) is 0.419. The first-order valence-electron chi connectivity index (χ1n) is 3.62. The largest absolute Gasteiger partial charge is 0.269 e. The molecule has 0 bridgehead atoms. The van der Waals surface area contributed by atoms with Crippen LogP contribution in [0.4, 0.5) is 0 Å². The molecule has 0 saturated carbocycles. The van der Waals surface area contributed by atoms with Crippen LogP contribution in [0, 0.1) is 0 Å². The summed E-state index contributed by atoms with van der Waals surface area (Å²) in [5.74, 6) is 0. The zero-order chi connectivity index (χ0) is 7.82. The Labute approximate surface area is 63.2 Å². The first-order chi connectivity index (χ1) is 4.81. The van der Waals surface area contributed by atoms with Crippen LogP contribution < -0.4 is 0 Å². The molecule has 0 fully saturated rings. The number of rotatable bonds is 3. The standard InChI is InChI=1S/C9H15N/c1-4-6-9(3)7-8-10-5-2/h5-8H,4H2,1-3H3/b8-7-,9-6-,10-5-. The zero-order valence-corrected chi connectivity index (χ0v) is 6.96. The van der Waals surface area contributed by atoms with E-state index in [0.29, 0.717) is 0 Å². The Morgan fingerprint density at radius 2 is 2.20 bits per heavy atom. The van der Waals surface area contributed by atoms with Gasteiger partial charge in [-0.2, -0.15) is 0 Å². The van der Waals surface area contributed by atoms with Gasteiger partial charge in [-0.05, 0) is 26.3 Å². The number of nitrogens with zero attached hydrogens (tertiary/aromatic N) is 1. The summed E-state index contributed by atoms with van der Waals surface area (Å²) in [6, 6.07) is 0. The monoisotopic (exact) mass is 137 g/mol. The van der Waals surface area contributed by atoms with E-state index in [-0.39, 0.29) is 0 Å². The van der Waals surface area contributed by atoms with Gasteiger partial charge >= 0.3 is 0 Å². The fourth-order valence-electron chi connectivity index (χ4n) is 0.637. The van der Waals surface area contributed by atoms with E-state index in [2.05, 4.69) is 24.9 Å². The average Bonchev–Trinajstić information content (AvgIpc) is 1.89. The van der Waals surface area contributed by atoms with Gasteiger partial charge in [0.05, 0.1) is 0 Å². The van der Waals surface area contributed by atoms with Gasteiger partial charge < -0.3 is 0 Å². The van der Waals surface area contributed by atoms with Crippen LogP contribution in [0.3, 0.4) is 0 Å². The lowest BCUT2D eigenvalue weighted by molar-refractivity contribution is 1.20. The zero-order valence-electron chi connectivity index (χ0n) is 6.96. The number of aliphatic imine (C=N–C) groups is 1. The molecule has 0 N–H and O–H groups in total. The van der Waals surface area contributed by atoms with E-state index >= 15 is 0 Å². The molecule has 0 radical (unpaired) electrons. The molecular weight excluding hydrogens is 122 g/mol. The number of hydrogen-bond donors (Lipinski definition) is 0. The van der Waals surface area contributed by atoms with Crippen molar-refractivity contribution >= 4 is 6.21 Å². The predicted molar refractivity (Wildman–Crippen MR) is 47.4 cm³/mol. The molecule has 1 nitrogen and oxygen atoms in total. The van der Waals surface area contributed by atoms with Gasteiger partial charge in [0.25, 0.3) is 0 Å². The summed E-state index contributed by atoms with van der Waals surface area (Å²) in [7, 11) is 0. The van der Waals surface area contributed by atoms with E-state index in [0.717, 1.165) is 6.42 Å². The molecule has 0 rings (SSSR count). The second-order valence-corrected chi connectivity index (χ2v) is 2.08. The Kier molecular flexibility index (Phi) is 5.74. The van der Waals surface area contributed by atoms with Gasteiger partial charge in [-0.25, -0.2) is 0 Å². The van der Waals surface area contributed by atoms with Crippen LogP contribution in [-0.2, 0) is 0 Å². The number of hydrogen-bond acceptors (Lipinski definition) is 1. The summed E-state index contributed by atoms with van der Waals surface area (Å²) in [5.41, 5.74) is 1.27. The molecular formula is C9H15N. The van der Waals surface area contributed by atoms with Gasteiger partial charge in [0, 0.05) is 12.4 Å². The molecule has 0 aromatic heterocycles. The first kappa shape index (κ1) is 9.15.